The van der Waals surface area contributed by atoms with Crippen LogP contribution in [0, 0.1) is 0 Å². The molecule has 2 rings (SSSR count). The Bertz CT molecular complexity index is 563. The maximum atomic E-state index is 11.3. The second kappa shape index (κ2) is 7.45. The fourth-order valence-electron chi connectivity index (χ4n) is 1.96. The molecular weight excluding hydrogens is 268 g/mol. The number of hydrogen-bond acceptors (Lipinski definition) is 3. The molecule has 0 spiro atoms. The van der Waals surface area contributed by atoms with Crippen LogP contribution in [0.4, 0.5) is 0 Å². The van der Waals surface area contributed by atoms with Crippen LogP contribution in [0.3, 0.4) is 0 Å². The molecule has 2 aromatic carbocycles. The second-order valence-corrected chi connectivity index (χ2v) is 4.68. The van der Waals surface area contributed by atoms with Crippen LogP contribution in [-0.2, 0) is 22.6 Å². The van der Waals surface area contributed by atoms with Crippen molar-refractivity contribution in [1.29, 1.82) is 0 Å². The summed E-state index contributed by atoms with van der Waals surface area (Å²) < 4.78 is 10.6. The van der Waals surface area contributed by atoms with E-state index in [9.17, 15) is 9.90 Å². The quantitative estimate of drug-likeness (QED) is 0.850. The topological polar surface area (TPSA) is 55.8 Å². The highest BCUT2D eigenvalue weighted by molar-refractivity contribution is 5.72. The third-order valence-electron chi connectivity index (χ3n) is 3.15. The standard InChI is InChI=1S/C17H18O4/c1-20-15-9-7-13(8-10-15)11-16(17(18)19)21-12-14-5-3-2-4-6-14/h2-10,16H,11-12H2,1H3,(H,18,19)/t16-/m1/s1. The van der Waals surface area contributed by atoms with Crippen molar-refractivity contribution in [1.82, 2.24) is 0 Å². The summed E-state index contributed by atoms with van der Waals surface area (Å²) in [6, 6.07) is 16.8. The van der Waals surface area contributed by atoms with Gasteiger partial charge in [-0.3, -0.25) is 0 Å². The minimum absolute atomic E-state index is 0.286. The number of ether oxygens (including phenoxy) is 2. The van der Waals surface area contributed by atoms with E-state index in [0.29, 0.717) is 6.42 Å². The number of hydrogen-bond donors (Lipinski definition) is 1. The summed E-state index contributed by atoms with van der Waals surface area (Å²) in [5, 5.41) is 9.26. The van der Waals surface area contributed by atoms with Gasteiger partial charge in [-0.15, -0.1) is 0 Å². The summed E-state index contributed by atoms with van der Waals surface area (Å²) in [4.78, 5) is 11.3. The maximum Gasteiger partial charge on any atom is 0.333 e. The Kier molecular flexibility index (Phi) is 5.35. The van der Waals surface area contributed by atoms with Gasteiger partial charge in [0.25, 0.3) is 0 Å². The van der Waals surface area contributed by atoms with Crippen LogP contribution in [0.25, 0.3) is 0 Å². The van der Waals surface area contributed by atoms with Gasteiger partial charge in [0, 0.05) is 6.42 Å². The first-order valence-corrected chi connectivity index (χ1v) is 6.70. The molecule has 1 N–H and O–H groups in total. The SMILES string of the molecule is COc1ccc(C[C@@H](OCc2ccccc2)C(=O)O)cc1. The van der Waals surface area contributed by atoms with Crippen molar-refractivity contribution < 1.29 is 19.4 Å². The van der Waals surface area contributed by atoms with Crippen molar-refractivity contribution in [3.63, 3.8) is 0 Å². The first kappa shape index (κ1) is 15.1. The van der Waals surface area contributed by atoms with Crippen molar-refractivity contribution in [2.75, 3.05) is 7.11 Å². The molecule has 2 aromatic rings. The number of methoxy groups -OCH3 is 1. The van der Waals surface area contributed by atoms with E-state index >= 15 is 0 Å². The van der Waals surface area contributed by atoms with Crippen molar-refractivity contribution in [3.8, 4) is 5.75 Å². The largest absolute Gasteiger partial charge is 0.497 e. The lowest BCUT2D eigenvalue weighted by atomic mass is 10.1. The van der Waals surface area contributed by atoms with Crippen molar-refractivity contribution >= 4 is 5.97 Å². The summed E-state index contributed by atoms with van der Waals surface area (Å²) in [5.41, 5.74) is 1.86. The molecule has 4 heteroatoms. The molecule has 0 fully saturated rings. The summed E-state index contributed by atoms with van der Waals surface area (Å²) in [6.45, 7) is 0.286. The third-order valence-corrected chi connectivity index (χ3v) is 3.15. The third kappa shape index (κ3) is 4.61. The molecule has 0 amide bonds. The first-order chi connectivity index (χ1) is 10.2. The molecule has 0 saturated carbocycles. The smallest absolute Gasteiger partial charge is 0.333 e. The minimum atomic E-state index is -0.957. The van der Waals surface area contributed by atoms with Crippen molar-refractivity contribution in [2.45, 2.75) is 19.1 Å². The molecule has 1 atom stereocenters. The molecule has 0 aliphatic rings. The van der Waals surface area contributed by atoms with Crippen LogP contribution in [0.2, 0.25) is 0 Å². The van der Waals surface area contributed by atoms with Crippen LogP contribution in [0.1, 0.15) is 11.1 Å². The summed E-state index contributed by atoms with van der Waals surface area (Å²) in [7, 11) is 1.60. The highest BCUT2D eigenvalue weighted by Gasteiger charge is 2.18. The summed E-state index contributed by atoms with van der Waals surface area (Å²) in [6.07, 6.45) is -0.537. The fourth-order valence-corrected chi connectivity index (χ4v) is 1.96. The average molecular weight is 286 g/mol. The van der Waals surface area contributed by atoms with Gasteiger partial charge in [0.1, 0.15) is 5.75 Å². The molecule has 0 aromatic heterocycles. The number of rotatable bonds is 7. The Morgan fingerprint density at radius 2 is 1.71 bits per heavy atom. The highest BCUT2D eigenvalue weighted by Crippen LogP contribution is 2.14. The van der Waals surface area contributed by atoms with Crippen molar-refractivity contribution in [3.05, 3.63) is 65.7 Å². The monoisotopic (exact) mass is 286 g/mol. The van der Waals surface area contributed by atoms with Crippen LogP contribution >= 0.6 is 0 Å². The summed E-state index contributed by atoms with van der Waals surface area (Å²) in [5.74, 6) is -0.211. The van der Waals surface area contributed by atoms with Crippen molar-refractivity contribution in [2.24, 2.45) is 0 Å². The second-order valence-electron chi connectivity index (χ2n) is 4.68. The van der Waals surface area contributed by atoms with Crippen LogP contribution < -0.4 is 4.74 Å². The molecule has 0 heterocycles. The van der Waals surface area contributed by atoms with E-state index in [2.05, 4.69) is 0 Å². The predicted molar refractivity (Wildman–Crippen MR) is 79.4 cm³/mol. The van der Waals surface area contributed by atoms with Crippen LogP contribution in [-0.4, -0.2) is 24.3 Å². The normalized spacial score (nSPS) is 11.9. The molecular formula is C17H18O4. The van der Waals surface area contributed by atoms with Gasteiger partial charge >= 0.3 is 5.97 Å². The number of carbonyl (C=O) groups is 1. The fraction of sp³-hybridized carbons (Fsp3) is 0.235. The number of aliphatic carboxylic acids is 1. The highest BCUT2D eigenvalue weighted by atomic mass is 16.5. The first-order valence-electron chi connectivity index (χ1n) is 6.70. The molecule has 4 nitrogen and oxygen atoms in total. The lowest BCUT2D eigenvalue weighted by Crippen LogP contribution is -2.26. The average Bonchev–Trinajstić information content (AvgIpc) is 2.52. The Morgan fingerprint density at radius 3 is 2.29 bits per heavy atom. The maximum absolute atomic E-state index is 11.3. The molecule has 0 aliphatic heterocycles. The molecule has 0 bridgehead atoms. The van der Waals surface area contributed by atoms with E-state index in [4.69, 9.17) is 9.47 Å². The predicted octanol–water partition coefficient (Wildman–Crippen LogP) is 2.91. The number of benzene rings is 2. The van der Waals surface area contributed by atoms with Gasteiger partial charge in [0.15, 0.2) is 6.10 Å². The zero-order valence-corrected chi connectivity index (χ0v) is 11.9. The van der Waals surface area contributed by atoms with Gasteiger partial charge in [0.05, 0.1) is 13.7 Å². The van der Waals surface area contributed by atoms with E-state index < -0.39 is 12.1 Å². The van der Waals surface area contributed by atoms with E-state index in [0.717, 1.165) is 16.9 Å². The zero-order valence-electron chi connectivity index (χ0n) is 11.9. The minimum Gasteiger partial charge on any atom is -0.497 e. The van der Waals surface area contributed by atoms with Crippen LogP contribution in [0.5, 0.6) is 5.75 Å². The zero-order chi connectivity index (χ0) is 15.1. The Balaban J connectivity index is 1.96. The Hall–Kier alpha value is -2.33. The summed E-state index contributed by atoms with van der Waals surface area (Å²) >= 11 is 0. The van der Waals surface area contributed by atoms with Gasteiger partial charge in [-0.2, -0.15) is 0 Å². The molecule has 110 valence electrons. The molecule has 0 aliphatic carbocycles. The number of carboxylic acid groups (broad SMARTS) is 1. The van der Waals surface area contributed by atoms with E-state index in [1.165, 1.54) is 0 Å². The van der Waals surface area contributed by atoms with Crippen LogP contribution in [0.15, 0.2) is 54.6 Å². The van der Waals surface area contributed by atoms with Gasteiger partial charge in [-0.1, -0.05) is 42.5 Å². The molecule has 21 heavy (non-hydrogen) atoms. The van der Waals surface area contributed by atoms with Gasteiger partial charge in [-0.05, 0) is 23.3 Å². The lowest BCUT2D eigenvalue weighted by molar-refractivity contribution is -0.151. The van der Waals surface area contributed by atoms with Gasteiger partial charge in [-0.25, -0.2) is 4.79 Å². The Morgan fingerprint density at radius 1 is 1.05 bits per heavy atom. The van der Waals surface area contributed by atoms with Gasteiger partial charge < -0.3 is 14.6 Å². The molecule has 0 radical (unpaired) electrons. The Labute approximate surface area is 123 Å². The molecule has 0 unspecified atom stereocenters. The lowest BCUT2D eigenvalue weighted by Gasteiger charge is -2.14. The van der Waals surface area contributed by atoms with E-state index in [1.54, 1.807) is 7.11 Å². The van der Waals surface area contributed by atoms with E-state index in [1.807, 2.05) is 54.6 Å². The number of carboxylic acids is 1. The molecule has 0 saturated heterocycles. The van der Waals surface area contributed by atoms with Gasteiger partial charge in [0.2, 0.25) is 0 Å². The van der Waals surface area contributed by atoms with E-state index in [-0.39, 0.29) is 6.61 Å².